The predicted octanol–water partition coefficient (Wildman–Crippen LogP) is 3.43. The Hall–Kier alpha value is -2.79. The third kappa shape index (κ3) is 3.19. The van der Waals surface area contributed by atoms with Gasteiger partial charge in [0, 0.05) is 10.4 Å². The molecule has 0 fully saturated rings. The van der Waals surface area contributed by atoms with Gasteiger partial charge < -0.3 is 14.9 Å². The Bertz CT molecular complexity index is 946. The van der Waals surface area contributed by atoms with Crippen molar-refractivity contribution in [3.63, 3.8) is 0 Å². The molecule has 0 radical (unpaired) electrons. The molecule has 0 unspecified atom stereocenters. The van der Waals surface area contributed by atoms with E-state index in [0.717, 1.165) is 0 Å². The summed E-state index contributed by atoms with van der Waals surface area (Å²) in [6.07, 6.45) is 0. The number of nitrogens with two attached hydrogens (primary N) is 1. The first kappa shape index (κ1) is 15.1. The molecule has 0 atom stereocenters. The average Bonchev–Trinajstić information content (AvgIpc) is 2.55. The second-order valence-corrected chi connectivity index (χ2v) is 5.26. The van der Waals surface area contributed by atoms with Gasteiger partial charge in [-0.1, -0.05) is 11.6 Å². The minimum Gasteiger partial charge on any atom is -0.497 e. The summed E-state index contributed by atoms with van der Waals surface area (Å²) in [4.78, 5) is 16.0. The van der Waals surface area contributed by atoms with Gasteiger partial charge in [0.15, 0.2) is 0 Å². The number of hydrogen-bond acceptors (Lipinski definition) is 4. The van der Waals surface area contributed by atoms with Crippen LogP contribution >= 0.6 is 11.6 Å². The van der Waals surface area contributed by atoms with Crippen molar-refractivity contribution in [2.45, 2.75) is 0 Å². The van der Waals surface area contributed by atoms with E-state index in [1.807, 2.05) is 0 Å². The van der Waals surface area contributed by atoms with Crippen LogP contribution in [0.4, 0.5) is 5.69 Å². The van der Waals surface area contributed by atoms with E-state index < -0.39 is 5.91 Å². The minimum atomic E-state index is -0.622. The van der Waals surface area contributed by atoms with Crippen molar-refractivity contribution in [1.82, 2.24) is 0 Å². The van der Waals surface area contributed by atoms with Crippen molar-refractivity contribution in [2.24, 2.45) is 10.7 Å². The number of rotatable bonds is 3. The van der Waals surface area contributed by atoms with Gasteiger partial charge in [-0.05, 0) is 48.5 Å². The lowest BCUT2D eigenvalue weighted by Crippen LogP contribution is -2.21. The highest BCUT2D eigenvalue weighted by atomic mass is 35.5. The summed E-state index contributed by atoms with van der Waals surface area (Å²) >= 11 is 5.96. The van der Waals surface area contributed by atoms with Gasteiger partial charge in [0.05, 0.1) is 12.8 Å². The third-order valence-corrected chi connectivity index (χ3v) is 3.51. The fourth-order valence-corrected chi connectivity index (χ4v) is 2.32. The first-order valence-corrected chi connectivity index (χ1v) is 7.16. The molecule has 2 aromatic carbocycles. The van der Waals surface area contributed by atoms with Crippen LogP contribution < -0.4 is 16.0 Å². The molecule has 1 aromatic heterocycles. The quantitative estimate of drug-likeness (QED) is 0.800. The molecule has 116 valence electrons. The first-order chi connectivity index (χ1) is 11.1. The Balaban J connectivity index is 2.21. The number of methoxy groups -OCH3 is 1. The topological polar surface area (TPSA) is 77.8 Å². The van der Waals surface area contributed by atoms with Crippen LogP contribution in [0.2, 0.25) is 5.02 Å². The summed E-state index contributed by atoms with van der Waals surface area (Å²) in [6, 6.07) is 13.8. The highest BCUT2D eigenvalue weighted by Gasteiger charge is 2.09. The number of fused-ring (bicyclic) bond motifs is 1. The molecule has 5 nitrogen and oxygen atoms in total. The molecule has 1 amide bonds. The van der Waals surface area contributed by atoms with Gasteiger partial charge in [-0.15, -0.1) is 0 Å². The molecule has 0 spiro atoms. The van der Waals surface area contributed by atoms with Crippen LogP contribution in [0.1, 0.15) is 10.4 Å². The van der Waals surface area contributed by atoms with E-state index in [1.54, 1.807) is 55.6 Å². The standard InChI is InChI=1S/C17H13ClN2O3/c1-22-13-5-3-12(4-6-13)20-17-14(16(19)21)9-10-8-11(18)2-7-15(10)23-17/h2-9H,1H3,(H2,19,21)/b20-17-. The van der Waals surface area contributed by atoms with Gasteiger partial charge in [0.25, 0.3) is 5.91 Å². The maximum Gasteiger partial charge on any atom is 0.254 e. The van der Waals surface area contributed by atoms with E-state index in [4.69, 9.17) is 26.5 Å². The number of nitrogens with zero attached hydrogens (tertiary/aromatic N) is 1. The molecule has 0 bridgehead atoms. The summed E-state index contributed by atoms with van der Waals surface area (Å²) in [7, 11) is 1.58. The Labute approximate surface area is 137 Å². The molecule has 0 saturated carbocycles. The van der Waals surface area contributed by atoms with Crippen LogP contribution in [0.25, 0.3) is 11.0 Å². The molecular weight excluding hydrogens is 316 g/mol. The lowest BCUT2D eigenvalue weighted by Gasteiger charge is -2.03. The number of carbonyl (C=O) groups excluding carboxylic acids is 1. The normalized spacial score (nSPS) is 11.7. The monoisotopic (exact) mass is 328 g/mol. The number of carbonyl (C=O) groups is 1. The largest absolute Gasteiger partial charge is 0.497 e. The maximum atomic E-state index is 11.7. The molecule has 0 aliphatic rings. The zero-order valence-electron chi connectivity index (χ0n) is 12.2. The van der Waals surface area contributed by atoms with Gasteiger partial charge in [0.2, 0.25) is 5.55 Å². The average molecular weight is 329 g/mol. The van der Waals surface area contributed by atoms with Gasteiger partial charge in [-0.25, -0.2) is 4.99 Å². The zero-order chi connectivity index (χ0) is 16.4. The fraction of sp³-hybridized carbons (Fsp3) is 0.0588. The van der Waals surface area contributed by atoms with E-state index in [0.29, 0.717) is 27.4 Å². The van der Waals surface area contributed by atoms with Gasteiger partial charge in [-0.2, -0.15) is 0 Å². The number of benzene rings is 2. The highest BCUT2D eigenvalue weighted by molar-refractivity contribution is 6.31. The van der Waals surface area contributed by atoms with Gasteiger partial charge >= 0.3 is 0 Å². The number of hydrogen-bond donors (Lipinski definition) is 1. The molecule has 3 rings (SSSR count). The van der Waals surface area contributed by atoms with Crippen LogP contribution in [0.15, 0.2) is 57.9 Å². The summed E-state index contributed by atoms with van der Waals surface area (Å²) in [5.41, 5.74) is 6.95. The first-order valence-electron chi connectivity index (χ1n) is 6.79. The molecule has 3 aromatic rings. The minimum absolute atomic E-state index is 0.150. The highest BCUT2D eigenvalue weighted by Crippen LogP contribution is 2.20. The van der Waals surface area contributed by atoms with Crippen molar-refractivity contribution in [3.8, 4) is 5.75 Å². The van der Waals surface area contributed by atoms with E-state index >= 15 is 0 Å². The Kier molecular flexibility index (Phi) is 4.04. The van der Waals surface area contributed by atoms with E-state index in [-0.39, 0.29) is 11.1 Å². The lowest BCUT2D eigenvalue weighted by molar-refractivity contribution is 0.0996. The molecular formula is C17H13ClN2O3. The van der Waals surface area contributed by atoms with Crippen LogP contribution in [-0.4, -0.2) is 13.0 Å². The van der Waals surface area contributed by atoms with Crippen molar-refractivity contribution in [1.29, 1.82) is 0 Å². The van der Waals surface area contributed by atoms with Gasteiger partial charge in [0.1, 0.15) is 16.9 Å². The number of ether oxygens (including phenoxy) is 1. The second-order valence-electron chi connectivity index (χ2n) is 4.82. The van der Waals surface area contributed by atoms with E-state index in [2.05, 4.69) is 4.99 Å². The number of amides is 1. The van der Waals surface area contributed by atoms with E-state index in [1.165, 1.54) is 0 Å². The van der Waals surface area contributed by atoms with Crippen molar-refractivity contribution >= 4 is 34.2 Å². The second kappa shape index (κ2) is 6.14. The summed E-state index contributed by atoms with van der Waals surface area (Å²) in [6.45, 7) is 0. The Morgan fingerprint density at radius 2 is 1.91 bits per heavy atom. The number of halogens is 1. The van der Waals surface area contributed by atoms with Crippen LogP contribution in [-0.2, 0) is 0 Å². The molecule has 1 heterocycles. The molecule has 0 aliphatic carbocycles. The molecule has 23 heavy (non-hydrogen) atoms. The SMILES string of the molecule is COc1ccc(/N=c2\oc3ccc(Cl)cc3cc2C(N)=O)cc1. The fourth-order valence-electron chi connectivity index (χ4n) is 2.14. The van der Waals surface area contributed by atoms with Crippen molar-refractivity contribution in [2.75, 3.05) is 7.11 Å². The number of primary amides is 1. The third-order valence-electron chi connectivity index (χ3n) is 3.28. The van der Waals surface area contributed by atoms with Crippen molar-refractivity contribution in [3.05, 3.63) is 64.7 Å². The van der Waals surface area contributed by atoms with Crippen LogP contribution in [0.3, 0.4) is 0 Å². The van der Waals surface area contributed by atoms with E-state index in [9.17, 15) is 4.79 Å². The summed E-state index contributed by atoms with van der Waals surface area (Å²) in [5, 5.41) is 1.22. The predicted molar refractivity (Wildman–Crippen MR) is 88.0 cm³/mol. The molecule has 2 N–H and O–H groups in total. The van der Waals surface area contributed by atoms with Crippen molar-refractivity contribution < 1.29 is 13.9 Å². The maximum absolute atomic E-state index is 11.7. The Morgan fingerprint density at radius 1 is 1.17 bits per heavy atom. The lowest BCUT2D eigenvalue weighted by atomic mass is 10.2. The summed E-state index contributed by atoms with van der Waals surface area (Å²) < 4.78 is 10.8. The van der Waals surface area contributed by atoms with Crippen LogP contribution in [0.5, 0.6) is 5.75 Å². The van der Waals surface area contributed by atoms with Gasteiger partial charge in [-0.3, -0.25) is 4.79 Å². The smallest absolute Gasteiger partial charge is 0.254 e. The Morgan fingerprint density at radius 3 is 2.57 bits per heavy atom. The zero-order valence-corrected chi connectivity index (χ0v) is 13.0. The molecule has 0 aliphatic heterocycles. The van der Waals surface area contributed by atoms with Crippen LogP contribution in [0, 0.1) is 0 Å². The molecule has 0 saturated heterocycles. The molecule has 6 heteroatoms. The summed E-state index contributed by atoms with van der Waals surface area (Å²) in [5.74, 6) is 0.0899.